The van der Waals surface area contributed by atoms with Crippen LogP contribution >= 0.6 is 23.4 Å². The first kappa shape index (κ1) is 22.4. The average molecular weight is 460 g/mol. The van der Waals surface area contributed by atoms with Gasteiger partial charge in [-0.3, -0.25) is 19.7 Å². The van der Waals surface area contributed by atoms with Crippen molar-refractivity contribution in [1.82, 2.24) is 14.8 Å². The van der Waals surface area contributed by atoms with Gasteiger partial charge in [0, 0.05) is 42.4 Å². The van der Waals surface area contributed by atoms with Gasteiger partial charge in [0.1, 0.15) is 0 Å². The Morgan fingerprint density at radius 1 is 1.19 bits per heavy atom. The van der Waals surface area contributed by atoms with Gasteiger partial charge >= 0.3 is 0 Å². The molecule has 0 fully saturated rings. The molecule has 11 heteroatoms. The van der Waals surface area contributed by atoms with Gasteiger partial charge in [-0.05, 0) is 37.3 Å². The highest BCUT2D eigenvalue weighted by atomic mass is 35.5. The Morgan fingerprint density at radius 2 is 1.90 bits per heavy atom. The number of nitro groups is 1. The van der Waals surface area contributed by atoms with Crippen LogP contribution in [0.5, 0.6) is 0 Å². The molecule has 0 atom stereocenters. The Morgan fingerprint density at radius 3 is 2.52 bits per heavy atom. The zero-order valence-electron chi connectivity index (χ0n) is 16.7. The molecule has 0 saturated heterocycles. The van der Waals surface area contributed by atoms with Crippen LogP contribution in [0.2, 0.25) is 5.02 Å². The summed E-state index contributed by atoms with van der Waals surface area (Å²) in [5, 5.41) is 22.8. The second-order valence-electron chi connectivity index (χ2n) is 6.44. The molecule has 1 heterocycles. The van der Waals surface area contributed by atoms with Gasteiger partial charge < -0.3 is 9.88 Å². The molecule has 0 spiro atoms. The normalized spacial score (nSPS) is 10.7. The number of ketones is 1. The van der Waals surface area contributed by atoms with E-state index >= 15 is 0 Å². The van der Waals surface area contributed by atoms with Gasteiger partial charge in [-0.25, -0.2) is 0 Å². The largest absolute Gasteiger partial charge is 0.326 e. The first-order valence-corrected chi connectivity index (χ1v) is 10.6. The maximum Gasteiger partial charge on any atom is 0.270 e. The number of nitrogens with zero attached hydrogens (tertiary/aromatic N) is 4. The van der Waals surface area contributed by atoms with Crippen molar-refractivity contribution in [3.05, 3.63) is 63.2 Å². The molecule has 1 N–H and O–H groups in total. The van der Waals surface area contributed by atoms with Gasteiger partial charge in [0.2, 0.25) is 5.91 Å². The molecule has 31 heavy (non-hydrogen) atoms. The van der Waals surface area contributed by atoms with E-state index in [0.717, 1.165) is 5.56 Å². The summed E-state index contributed by atoms with van der Waals surface area (Å²) in [6, 6.07) is 11.0. The van der Waals surface area contributed by atoms with E-state index in [1.807, 2.05) is 23.6 Å². The molecule has 3 rings (SSSR count). The van der Waals surface area contributed by atoms with Crippen LogP contribution in [0.15, 0.2) is 47.6 Å². The van der Waals surface area contributed by atoms with E-state index in [2.05, 4.69) is 15.5 Å². The van der Waals surface area contributed by atoms with Crippen molar-refractivity contribution < 1.29 is 14.5 Å². The molecular formula is C20H18ClN5O4S. The molecule has 1 amide bonds. The highest BCUT2D eigenvalue weighted by Gasteiger charge is 2.19. The second kappa shape index (κ2) is 9.71. The Labute approximate surface area is 187 Å². The van der Waals surface area contributed by atoms with Crippen LogP contribution in [-0.4, -0.2) is 37.1 Å². The maximum atomic E-state index is 12.6. The van der Waals surface area contributed by atoms with Crippen LogP contribution in [0.4, 0.5) is 11.4 Å². The molecular weight excluding hydrogens is 442 g/mol. The second-order valence-corrected chi connectivity index (χ2v) is 7.79. The first-order chi connectivity index (χ1) is 14.8. The van der Waals surface area contributed by atoms with Crippen LogP contribution in [-0.2, 0) is 11.3 Å². The third-order valence-corrected chi connectivity index (χ3v) is 5.59. The van der Waals surface area contributed by atoms with Crippen molar-refractivity contribution in [2.24, 2.45) is 0 Å². The number of benzene rings is 2. The molecule has 1 aromatic heterocycles. The lowest BCUT2D eigenvalue weighted by Gasteiger charge is -2.08. The Balaban J connectivity index is 1.77. The number of non-ortho nitro benzene ring substituents is 1. The minimum Gasteiger partial charge on any atom is -0.326 e. The SMILES string of the molecule is CCn1c(SCC(=O)c2cc([N+](=O)[O-])ccc2Cl)nnc1-c1ccc(NC(C)=O)cc1. The summed E-state index contributed by atoms with van der Waals surface area (Å²) in [6.07, 6.45) is 0. The molecule has 0 unspecified atom stereocenters. The summed E-state index contributed by atoms with van der Waals surface area (Å²) < 4.78 is 1.86. The molecule has 0 aliphatic rings. The average Bonchev–Trinajstić information content (AvgIpc) is 3.15. The standard InChI is InChI=1S/C20H18ClN5O4S/c1-3-25-19(13-4-6-14(7-5-13)22-12(2)27)23-24-20(25)31-11-18(28)16-10-15(26(29)30)8-9-17(16)21/h4-10H,3,11H2,1-2H3,(H,22,27). The summed E-state index contributed by atoms with van der Waals surface area (Å²) in [4.78, 5) is 34.2. The number of thioether (sulfide) groups is 1. The zero-order valence-corrected chi connectivity index (χ0v) is 18.2. The molecule has 0 aliphatic heterocycles. The van der Waals surface area contributed by atoms with Gasteiger partial charge in [0.05, 0.1) is 15.7 Å². The Bertz CT molecular complexity index is 1150. The number of halogens is 1. The molecule has 0 saturated carbocycles. The van der Waals surface area contributed by atoms with Crippen LogP contribution in [0.3, 0.4) is 0 Å². The Kier molecular flexibility index (Phi) is 7.03. The molecule has 3 aromatic rings. The number of carbonyl (C=O) groups excluding carboxylic acids is 2. The summed E-state index contributed by atoms with van der Waals surface area (Å²) in [5.74, 6) is 0.128. The number of rotatable bonds is 8. The fraction of sp³-hybridized carbons (Fsp3) is 0.200. The topological polar surface area (TPSA) is 120 Å². The molecule has 0 radical (unpaired) electrons. The summed E-state index contributed by atoms with van der Waals surface area (Å²) in [5.41, 5.74) is 1.38. The van der Waals surface area contributed by atoms with Gasteiger partial charge in [-0.15, -0.1) is 10.2 Å². The van der Waals surface area contributed by atoms with Gasteiger partial charge in [0.25, 0.3) is 5.69 Å². The van der Waals surface area contributed by atoms with Crippen molar-refractivity contribution in [2.45, 2.75) is 25.5 Å². The summed E-state index contributed by atoms with van der Waals surface area (Å²) >= 11 is 7.23. The van der Waals surface area contributed by atoms with E-state index in [9.17, 15) is 19.7 Å². The number of aromatic nitrogens is 3. The van der Waals surface area contributed by atoms with Gasteiger partial charge in [-0.2, -0.15) is 0 Å². The number of amides is 1. The fourth-order valence-corrected chi connectivity index (χ4v) is 3.96. The number of Topliss-reactive ketones (excluding diaryl/α,β-unsaturated/α-hetero) is 1. The quantitative estimate of drug-likeness (QED) is 0.228. The smallest absolute Gasteiger partial charge is 0.270 e. The number of hydrogen-bond donors (Lipinski definition) is 1. The highest BCUT2D eigenvalue weighted by molar-refractivity contribution is 7.99. The number of anilines is 1. The van der Waals surface area contributed by atoms with Crippen LogP contribution < -0.4 is 5.32 Å². The van der Waals surface area contributed by atoms with Crippen molar-refractivity contribution in [2.75, 3.05) is 11.1 Å². The van der Waals surface area contributed by atoms with E-state index in [-0.39, 0.29) is 33.7 Å². The summed E-state index contributed by atoms with van der Waals surface area (Å²) in [7, 11) is 0. The van der Waals surface area contributed by atoms with Crippen molar-refractivity contribution in [3.8, 4) is 11.4 Å². The fourth-order valence-electron chi connectivity index (χ4n) is 2.85. The molecule has 160 valence electrons. The van der Waals surface area contributed by atoms with E-state index in [0.29, 0.717) is 23.2 Å². The minimum absolute atomic E-state index is 0.000486. The van der Waals surface area contributed by atoms with Crippen LogP contribution in [0.25, 0.3) is 11.4 Å². The monoisotopic (exact) mass is 459 g/mol. The van der Waals surface area contributed by atoms with Gasteiger partial charge in [-0.1, -0.05) is 23.4 Å². The maximum absolute atomic E-state index is 12.6. The number of hydrogen-bond acceptors (Lipinski definition) is 7. The van der Waals surface area contributed by atoms with Crippen LogP contribution in [0.1, 0.15) is 24.2 Å². The number of carbonyl (C=O) groups is 2. The van der Waals surface area contributed by atoms with E-state index in [4.69, 9.17) is 11.6 Å². The predicted molar refractivity (Wildman–Crippen MR) is 119 cm³/mol. The lowest BCUT2D eigenvalue weighted by Crippen LogP contribution is -2.07. The van der Waals surface area contributed by atoms with Gasteiger partial charge in [0.15, 0.2) is 16.8 Å². The van der Waals surface area contributed by atoms with Crippen molar-refractivity contribution in [1.29, 1.82) is 0 Å². The molecule has 0 bridgehead atoms. The summed E-state index contributed by atoms with van der Waals surface area (Å²) in [6.45, 7) is 3.94. The van der Waals surface area contributed by atoms with E-state index < -0.39 is 4.92 Å². The predicted octanol–water partition coefficient (Wildman–Crippen LogP) is 4.46. The van der Waals surface area contributed by atoms with E-state index in [1.165, 1.54) is 36.9 Å². The Hall–Kier alpha value is -3.24. The van der Waals surface area contributed by atoms with Crippen LogP contribution in [0, 0.1) is 10.1 Å². The third kappa shape index (κ3) is 5.28. The third-order valence-electron chi connectivity index (χ3n) is 4.29. The number of nitrogens with one attached hydrogen (secondary N) is 1. The van der Waals surface area contributed by atoms with Crippen molar-refractivity contribution in [3.63, 3.8) is 0 Å². The lowest BCUT2D eigenvalue weighted by molar-refractivity contribution is -0.384. The molecule has 9 nitrogen and oxygen atoms in total. The lowest BCUT2D eigenvalue weighted by atomic mass is 10.1. The van der Waals surface area contributed by atoms with E-state index in [1.54, 1.807) is 12.1 Å². The first-order valence-electron chi connectivity index (χ1n) is 9.21. The molecule has 2 aromatic carbocycles. The zero-order chi connectivity index (χ0) is 22.5. The number of nitro benzene ring substituents is 1. The van der Waals surface area contributed by atoms with Crippen molar-refractivity contribution >= 4 is 46.4 Å². The highest BCUT2D eigenvalue weighted by Crippen LogP contribution is 2.28. The minimum atomic E-state index is -0.572. The molecule has 0 aliphatic carbocycles.